The van der Waals surface area contributed by atoms with Gasteiger partial charge in [0.1, 0.15) is 11.4 Å². The Morgan fingerprint density at radius 3 is 2.55 bits per heavy atom. The van der Waals surface area contributed by atoms with Gasteiger partial charge in [0.15, 0.2) is 5.75 Å². The Labute approximate surface area is 127 Å². The maximum Gasteiger partial charge on any atom is 0.161 e. The van der Waals surface area contributed by atoms with E-state index in [9.17, 15) is 0 Å². The number of hydrogen-bond acceptors (Lipinski definition) is 4. The summed E-state index contributed by atoms with van der Waals surface area (Å²) in [6.45, 7) is 0. The average Bonchev–Trinajstić information content (AvgIpc) is 2.82. The van der Waals surface area contributed by atoms with Crippen LogP contribution < -0.4 is 14.8 Å². The van der Waals surface area contributed by atoms with Crippen LogP contribution in [0.4, 0.5) is 0 Å². The number of rotatable bonds is 5. The van der Waals surface area contributed by atoms with Crippen LogP contribution in [0.1, 0.15) is 17.3 Å². The highest BCUT2D eigenvalue weighted by molar-refractivity contribution is 9.10. The van der Waals surface area contributed by atoms with E-state index in [1.54, 1.807) is 20.4 Å². The third-order valence-electron chi connectivity index (χ3n) is 3.24. The molecule has 20 heavy (non-hydrogen) atoms. The first-order valence-electron chi connectivity index (χ1n) is 6.19. The van der Waals surface area contributed by atoms with Gasteiger partial charge in [0.2, 0.25) is 0 Å². The van der Waals surface area contributed by atoms with Crippen LogP contribution in [0.15, 0.2) is 28.9 Å². The summed E-state index contributed by atoms with van der Waals surface area (Å²) in [6.07, 6.45) is 1.71. The molecule has 1 aromatic carbocycles. The molecule has 6 heteroatoms. The van der Waals surface area contributed by atoms with Crippen LogP contribution in [0.25, 0.3) is 0 Å². The lowest BCUT2D eigenvalue weighted by Gasteiger charge is -2.21. The van der Waals surface area contributed by atoms with Gasteiger partial charge in [-0.3, -0.25) is 4.68 Å². The summed E-state index contributed by atoms with van der Waals surface area (Å²) in [4.78, 5) is 0. The molecule has 0 fully saturated rings. The molecule has 0 amide bonds. The van der Waals surface area contributed by atoms with Crippen LogP contribution in [0.2, 0.25) is 0 Å². The number of nitrogens with zero attached hydrogens (tertiary/aromatic N) is 2. The zero-order valence-electron chi connectivity index (χ0n) is 12.0. The summed E-state index contributed by atoms with van der Waals surface area (Å²) in [5.74, 6) is 1.55. The molecule has 0 saturated carbocycles. The Kier molecular flexibility index (Phi) is 4.67. The van der Waals surface area contributed by atoms with Crippen molar-refractivity contribution in [1.82, 2.24) is 15.1 Å². The van der Waals surface area contributed by atoms with E-state index in [2.05, 4.69) is 26.3 Å². The Morgan fingerprint density at radius 1 is 1.25 bits per heavy atom. The fourth-order valence-corrected chi connectivity index (χ4v) is 2.62. The fraction of sp³-hybridized carbons (Fsp3) is 0.357. The molecular weight excluding hydrogens is 322 g/mol. The van der Waals surface area contributed by atoms with Crippen molar-refractivity contribution in [3.8, 4) is 11.5 Å². The highest BCUT2D eigenvalue weighted by Gasteiger charge is 2.23. The highest BCUT2D eigenvalue weighted by Crippen LogP contribution is 2.35. The quantitative estimate of drug-likeness (QED) is 0.909. The molecule has 1 N–H and O–H groups in total. The molecule has 1 atom stereocenters. The molecule has 0 saturated heterocycles. The average molecular weight is 340 g/mol. The smallest absolute Gasteiger partial charge is 0.161 e. The topological polar surface area (TPSA) is 48.3 Å². The Hall–Kier alpha value is -1.53. The largest absolute Gasteiger partial charge is 0.496 e. The molecule has 0 aliphatic carbocycles. The lowest BCUT2D eigenvalue weighted by molar-refractivity contribution is 0.392. The number of halogens is 1. The first kappa shape index (κ1) is 14.9. The van der Waals surface area contributed by atoms with Crippen LogP contribution in [0.3, 0.4) is 0 Å². The van der Waals surface area contributed by atoms with Gasteiger partial charge in [-0.15, -0.1) is 0 Å². The SMILES string of the molecule is CNC(c1ccc(Br)cc1OC)c1c(OC)cnn1C. The Balaban J connectivity index is 2.55. The number of ether oxygens (including phenoxy) is 2. The molecule has 0 radical (unpaired) electrons. The summed E-state index contributed by atoms with van der Waals surface area (Å²) in [5, 5.41) is 7.55. The van der Waals surface area contributed by atoms with Gasteiger partial charge >= 0.3 is 0 Å². The van der Waals surface area contributed by atoms with Crippen molar-refractivity contribution in [2.45, 2.75) is 6.04 Å². The minimum atomic E-state index is -0.0690. The van der Waals surface area contributed by atoms with Gasteiger partial charge in [0, 0.05) is 17.1 Å². The zero-order valence-corrected chi connectivity index (χ0v) is 13.6. The predicted octanol–water partition coefficient (Wildman–Crippen LogP) is 2.51. The summed E-state index contributed by atoms with van der Waals surface area (Å²) in [5.41, 5.74) is 1.98. The minimum absolute atomic E-state index is 0.0690. The Morgan fingerprint density at radius 2 is 1.95 bits per heavy atom. The van der Waals surface area contributed by atoms with E-state index < -0.39 is 0 Å². The molecule has 1 unspecified atom stereocenters. The summed E-state index contributed by atoms with van der Waals surface area (Å²) < 4.78 is 13.7. The van der Waals surface area contributed by atoms with Gasteiger partial charge in [-0.1, -0.05) is 22.0 Å². The third kappa shape index (κ3) is 2.66. The molecule has 0 aliphatic heterocycles. The van der Waals surface area contributed by atoms with Crippen molar-refractivity contribution < 1.29 is 9.47 Å². The van der Waals surface area contributed by atoms with Gasteiger partial charge in [-0.2, -0.15) is 5.10 Å². The second kappa shape index (κ2) is 6.28. The van der Waals surface area contributed by atoms with E-state index in [1.165, 1.54) is 0 Å². The molecule has 108 valence electrons. The molecule has 0 spiro atoms. The first-order chi connectivity index (χ1) is 9.62. The summed E-state index contributed by atoms with van der Waals surface area (Å²) in [7, 11) is 7.11. The number of aryl methyl sites for hydroxylation is 1. The lowest BCUT2D eigenvalue weighted by atomic mass is 10.0. The minimum Gasteiger partial charge on any atom is -0.496 e. The van der Waals surface area contributed by atoms with Gasteiger partial charge in [0.05, 0.1) is 26.5 Å². The standard InChI is InChI=1S/C14H18BrN3O2/c1-16-13(14-12(20-4)8-17-18(14)2)10-6-5-9(15)7-11(10)19-3/h5-8,13,16H,1-4H3. The molecule has 2 aromatic rings. The van der Waals surface area contributed by atoms with E-state index in [1.807, 2.05) is 37.0 Å². The molecular formula is C14H18BrN3O2. The number of methoxy groups -OCH3 is 2. The Bertz CT molecular complexity index is 598. The second-order valence-corrected chi connectivity index (χ2v) is 5.25. The van der Waals surface area contributed by atoms with Crippen LogP contribution in [-0.2, 0) is 7.05 Å². The number of nitrogens with one attached hydrogen (secondary N) is 1. The molecule has 0 aliphatic rings. The van der Waals surface area contributed by atoms with E-state index in [-0.39, 0.29) is 6.04 Å². The molecule has 5 nitrogen and oxygen atoms in total. The van der Waals surface area contributed by atoms with Crippen LogP contribution in [0, 0.1) is 0 Å². The normalized spacial score (nSPS) is 12.2. The van der Waals surface area contributed by atoms with E-state index in [4.69, 9.17) is 9.47 Å². The number of aromatic nitrogens is 2. The molecule has 2 rings (SSSR count). The maximum atomic E-state index is 5.48. The zero-order chi connectivity index (χ0) is 14.7. The van der Waals surface area contributed by atoms with Crippen LogP contribution >= 0.6 is 15.9 Å². The highest BCUT2D eigenvalue weighted by atomic mass is 79.9. The summed E-state index contributed by atoms with van der Waals surface area (Å²) in [6, 6.07) is 5.89. The van der Waals surface area contributed by atoms with Gasteiger partial charge < -0.3 is 14.8 Å². The molecule has 0 bridgehead atoms. The number of benzene rings is 1. The van der Waals surface area contributed by atoms with E-state index in [0.717, 1.165) is 27.2 Å². The van der Waals surface area contributed by atoms with Gasteiger partial charge in [-0.25, -0.2) is 0 Å². The predicted molar refractivity (Wildman–Crippen MR) is 81.4 cm³/mol. The van der Waals surface area contributed by atoms with E-state index >= 15 is 0 Å². The third-order valence-corrected chi connectivity index (χ3v) is 3.73. The maximum absolute atomic E-state index is 5.48. The number of hydrogen-bond donors (Lipinski definition) is 1. The second-order valence-electron chi connectivity index (χ2n) is 4.33. The fourth-order valence-electron chi connectivity index (χ4n) is 2.28. The molecule has 1 heterocycles. The van der Waals surface area contributed by atoms with Crippen LogP contribution in [0.5, 0.6) is 11.5 Å². The van der Waals surface area contributed by atoms with Crippen molar-refractivity contribution in [3.63, 3.8) is 0 Å². The summed E-state index contributed by atoms with van der Waals surface area (Å²) >= 11 is 3.46. The molecule has 1 aromatic heterocycles. The lowest BCUT2D eigenvalue weighted by Crippen LogP contribution is -2.22. The van der Waals surface area contributed by atoms with Crippen LogP contribution in [-0.4, -0.2) is 31.0 Å². The van der Waals surface area contributed by atoms with E-state index in [0.29, 0.717) is 0 Å². The first-order valence-corrected chi connectivity index (χ1v) is 6.98. The van der Waals surface area contributed by atoms with Gasteiger partial charge in [0.25, 0.3) is 0 Å². The van der Waals surface area contributed by atoms with Crippen molar-refractivity contribution in [2.24, 2.45) is 7.05 Å². The monoisotopic (exact) mass is 339 g/mol. The van der Waals surface area contributed by atoms with Crippen molar-refractivity contribution >= 4 is 15.9 Å². The van der Waals surface area contributed by atoms with Crippen molar-refractivity contribution in [3.05, 3.63) is 40.1 Å². The van der Waals surface area contributed by atoms with Crippen molar-refractivity contribution in [1.29, 1.82) is 0 Å². The van der Waals surface area contributed by atoms with Gasteiger partial charge in [-0.05, 0) is 19.2 Å². The van der Waals surface area contributed by atoms with Crippen molar-refractivity contribution in [2.75, 3.05) is 21.3 Å².